The fraction of sp³-hybridized carbons (Fsp3) is 0.844. The van der Waals surface area contributed by atoms with Crippen LogP contribution in [0.2, 0.25) is 0 Å². The lowest BCUT2D eigenvalue weighted by atomic mass is 9.97. The average Bonchev–Trinajstić information content (AvgIpc) is 3.23. The highest BCUT2D eigenvalue weighted by molar-refractivity contribution is 5.76. The number of carbonyl (C=O) groups is 1. The van der Waals surface area contributed by atoms with E-state index in [1.807, 2.05) is 13.0 Å². The predicted molar refractivity (Wildman–Crippen MR) is 226 cm³/mol. The van der Waals surface area contributed by atoms with Gasteiger partial charge in [0.2, 0.25) is 5.91 Å². The van der Waals surface area contributed by atoms with Crippen molar-refractivity contribution in [2.24, 2.45) is 0 Å². The van der Waals surface area contributed by atoms with Crippen molar-refractivity contribution >= 4 is 5.91 Å². The Hall–Kier alpha value is -1.79. The van der Waals surface area contributed by atoms with Gasteiger partial charge in [-0.05, 0) is 44.9 Å². The Morgan fingerprint density at radius 1 is 0.593 bits per heavy atom. The number of unbranched alkanes of at least 4 members (excludes halogenated alkanes) is 16. The number of hydrogen-bond donors (Lipinski definition) is 9. The first-order valence-corrected chi connectivity index (χ1v) is 22.7. The number of allylic oxidation sites excluding steroid dienone is 5. The van der Waals surface area contributed by atoms with Crippen LogP contribution in [0.15, 0.2) is 36.5 Å². The summed E-state index contributed by atoms with van der Waals surface area (Å²) in [6, 6.07) is -0.929. The summed E-state index contributed by atoms with van der Waals surface area (Å²) in [6.07, 6.45) is 18.8. The second kappa shape index (κ2) is 32.9. The van der Waals surface area contributed by atoms with Gasteiger partial charge in [-0.15, -0.1) is 0 Å². The highest BCUT2D eigenvalue weighted by Gasteiger charge is 2.50. The molecule has 12 atom stereocenters. The van der Waals surface area contributed by atoms with Gasteiger partial charge in [0, 0.05) is 6.42 Å². The van der Waals surface area contributed by atoms with Crippen molar-refractivity contribution in [2.45, 2.75) is 222 Å². The zero-order chi connectivity index (χ0) is 43.3. The van der Waals surface area contributed by atoms with Gasteiger partial charge in [-0.2, -0.15) is 0 Å². The lowest BCUT2D eigenvalue weighted by Gasteiger charge is -2.46. The fourth-order valence-electron chi connectivity index (χ4n) is 7.26. The normalized spacial score (nSPS) is 28.8. The van der Waals surface area contributed by atoms with Gasteiger partial charge >= 0.3 is 0 Å². The number of aliphatic hydroxyl groups is 8. The second-order valence-corrected chi connectivity index (χ2v) is 16.2. The number of carbonyl (C=O) groups excluding carboxylic acids is 1. The van der Waals surface area contributed by atoms with Gasteiger partial charge in [0.1, 0.15) is 48.8 Å². The van der Waals surface area contributed by atoms with Crippen LogP contribution in [0, 0.1) is 0 Å². The van der Waals surface area contributed by atoms with Crippen molar-refractivity contribution in [1.29, 1.82) is 0 Å². The minimum Gasteiger partial charge on any atom is -0.394 e. The zero-order valence-electron chi connectivity index (χ0n) is 36.0. The summed E-state index contributed by atoms with van der Waals surface area (Å²) < 4.78 is 22.4. The molecule has 2 fully saturated rings. The maximum atomic E-state index is 12.7. The van der Waals surface area contributed by atoms with E-state index in [4.69, 9.17) is 18.9 Å². The largest absolute Gasteiger partial charge is 0.394 e. The molecule has 59 heavy (non-hydrogen) atoms. The van der Waals surface area contributed by atoms with E-state index in [1.165, 1.54) is 77.0 Å². The predicted octanol–water partition coefficient (Wildman–Crippen LogP) is 4.37. The van der Waals surface area contributed by atoms with E-state index in [-0.39, 0.29) is 18.9 Å². The van der Waals surface area contributed by atoms with Crippen LogP contribution in [0.1, 0.15) is 149 Å². The summed E-state index contributed by atoms with van der Waals surface area (Å²) in [7, 11) is 0. The SMILES string of the molecule is CCCCCCCCCCCCCC/C=C/CC/C=C/CC/C=C/C(O)C(COC1OC(CO)C(OC2OC(CO)C(O)C(O)C2O)C(O)C1O)NC(=O)CCCCC. The maximum absolute atomic E-state index is 12.7. The lowest BCUT2D eigenvalue weighted by Crippen LogP contribution is -2.65. The first-order chi connectivity index (χ1) is 28.6. The Bertz CT molecular complexity index is 1140. The topological polar surface area (TPSA) is 228 Å². The minimum atomic E-state index is -1.79. The second-order valence-electron chi connectivity index (χ2n) is 16.2. The summed E-state index contributed by atoms with van der Waals surface area (Å²) in [5, 5.41) is 85.8. The molecule has 1 amide bonds. The van der Waals surface area contributed by atoms with E-state index in [0.29, 0.717) is 12.8 Å². The highest BCUT2D eigenvalue weighted by atomic mass is 16.7. The first kappa shape index (κ1) is 53.3. The van der Waals surface area contributed by atoms with Gasteiger partial charge in [-0.1, -0.05) is 134 Å². The third kappa shape index (κ3) is 21.2. The number of rotatable bonds is 33. The third-order valence-corrected chi connectivity index (χ3v) is 11.1. The van der Waals surface area contributed by atoms with Crippen LogP contribution in [0.3, 0.4) is 0 Å². The fourth-order valence-corrected chi connectivity index (χ4v) is 7.26. The Morgan fingerprint density at radius 3 is 1.66 bits per heavy atom. The molecular weight excluding hydrogens is 762 g/mol. The van der Waals surface area contributed by atoms with E-state index >= 15 is 0 Å². The van der Waals surface area contributed by atoms with Crippen LogP contribution >= 0.6 is 0 Å². The van der Waals surface area contributed by atoms with Gasteiger partial charge in [0.25, 0.3) is 0 Å². The van der Waals surface area contributed by atoms with Crippen LogP contribution in [-0.4, -0.2) is 140 Å². The molecule has 0 aromatic rings. The van der Waals surface area contributed by atoms with Crippen molar-refractivity contribution in [3.63, 3.8) is 0 Å². The van der Waals surface area contributed by atoms with Crippen molar-refractivity contribution in [1.82, 2.24) is 5.32 Å². The van der Waals surface area contributed by atoms with Gasteiger partial charge < -0.3 is 65.1 Å². The number of ether oxygens (including phenoxy) is 4. The smallest absolute Gasteiger partial charge is 0.220 e. The van der Waals surface area contributed by atoms with Crippen molar-refractivity contribution < 1.29 is 64.6 Å². The molecule has 0 aromatic carbocycles. The molecule has 9 N–H and O–H groups in total. The molecule has 0 aromatic heterocycles. The molecular formula is C45H81NO13. The number of nitrogens with one attached hydrogen (secondary N) is 1. The summed E-state index contributed by atoms with van der Waals surface area (Å²) in [4.78, 5) is 12.7. The van der Waals surface area contributed by atoms with Crippen LogP contribution < -0.4 is 5.32 Å². The summed E-state index contributed by atoms with van der Waals surface area (Å²) in [5.41, 5.74) is 0. The van der Waals surface area contributed by atoms with Gasteiger partial charge in [-0.25, -0.2) is 0 Å². The summed E-state index contributed by atoms with van der Waals surface area (Å²) in [5.74, 6) is -0.281. The maximum Gasteiger partial charge on any atom is 0.220 e. The van der Waals surface area contributed by atoms with Gasteiger partial charge in [0.05, 0.1) is 32.0 Å². The molecule has 14 nitrogen and oxygen atoms in total. The molecule has 0 spiro atoms. The Kier molecular flexibility index (Phi) is 29.7. The Balaban J connectivity index is 1.77. The van der Waals surface area contributed by atoms with Gasteiger partial charge in [0.15, 0.2) is 12.6 Å². The molecule has 0 radical (unpaired) electrons. The van der Waals surface area contributed by atoms with E-state index in [9.17, 15) is 45.6 Å². The van der Waals surface area contributed by atoms with Crippen LogP contribution in [0.25, 0.3) is 0 Å². The molecule has 344 valence electrons. The molecule has 2 aliphatic rings. The minimum absolute atomic E-state index is 0.255. The van der Waals surface area contributed by atoms with E-state index in [0.717, 1.165) is 38.5 Å². The molecule has 14 heteroatoms. The van der Waals surface area contributed by atoms with Crippen molar-refractivity contribution in [3.05, 3.63) is 36.5 Å². The zero-order valence-corrected chi connectivity index (χ0v) is 36.0. The third-order valence-electron chi connectivity index (χ3n) is 11.1. The number of aliphatic hydroxyl groups excluding tert-OH is 8. The van der Waals surface area contributed by atoms with Crippen LogP contribution in [0.5, 0.6) is 0 Å². The monoisotopic (exact) mass is 844 g/mol. The van der Waals surface area contributed by atoms with Crippen LogP contribution in [-0.2, 0) is 23.7 Å². The molecule has 0 saturated carbocycles. The van der Waals surface area contributed by atoms with Crippen molar-refractivity contribution in [3.8, 4) is 0 Å². The molecule has 2 saturated heterocycles. The highest BCUT2D eigenvalue weighted by Crippen LogP contribution is 2.30. The van der Waals surface area contributed by atoms with Crippen LogP contribution in [0.4, 0.5) is 0 Å². The first-order valence-electron chi connectivity index (χ1n) is 22.7. The molecule has 2 heterocycles. The molecule has 2 aliphatic heterocycles. The Labute approximate surface area is 353 Å². The molecule has 0 bridgehead atoms. The molecule has 12 unspecified atom stereocenters. The van der Waals surface area contributed by atoms with E-state index in [2.05, 4.69) is 36.5 Å². The lowest BCUT2D eigenvalue weighted by molar-refractivity contribution is -0.359. The molecule has 0 aliphatic carbocycles. The number of hydrogen-bond acceptors (Lipinski definition) is 13. The standard InChI is InChI=1S/C45H81NO13/c1-3-5-7-8-9-10-11-12-13-14-15-16-17-18-19-20-21-22-23-24-25-27-28-34(49)33(46-37(50)29-26-6-4-2)32-56-44-42(55)40(53)43(36(31-48)58-44)59-45-41(54)39(52)38(51)35(30-47)57-45/h18-19,22-23,27-28,33-36,38-45,47-49,51-55H,3-17,20-21,24-26,29-32H2,1-2H3,(H,46,50)/b19-18+,23-22+,28-27+. The summed E-state index contributed by atoms with van der Waals surface area (Å²) in [6.45, 7) is 2.55. The average molecular weight is 844 g/mol. The number of amides is 1. The van der Waals surface area contributed by atoms with E-state index < -0.39 is 86.8 Å². The van der Waals surface area contributed by atoms with Crippen molar-refractivity contribution in [2.75, 3.05) is 19.8 Å². The van der Waals surface area contributed by atoms with E-state index in [1.54, 1.807) is 6.08 Å². The molecule has 2 rings (SSSR count). The Morgan fingerprint density at radius 2 is 1.08 bits per heavy atom. The summed E-state index contributed by atoms with van der Waals surface area (Å²) >= 11 is 0. The quantitative estimate of drug-likeness (QED) is 0.0331. The van der Waals surface area contributed by atoms with Gasteiger partial charge in [-0.3, -0.25) is 4.79 Å².